The fourth-order valence-corrected chi connectivity index (χ4v) is 8.04. The minimum atomic E-state index is 0.0205. The highest BCUT2D eigenvalue weighted by Gasteiger charge is 2.75. The summed E-state index contributed by atoms with van der Waals surface area (Å²) in [5.41, 5.74) is 9.85. The van der Waals surface area contributed by atoms with Gasteiger partial charge in [-0.1, -0.05) is 6.07 Å². The van der Waals surface area contributed by atoms with Crippen LogP contribution in [0.25, 0.3) is 5.65 Å². The summed E-state index contributed by atoms with van der Waals surface area (Å²) in [6.45, 7) is 3.53. The Bertz CT molecular complexity index is 1060. The number of carbonyl (C=O) groups is 1. The van der Waals surface area contributed by atoms with Crippen LogP contribution in [0.1, 0.15) is 61.1 Å². The number of aromatic nitrogens is 2. The predicted molar refractivity (Wildman–Crippen MR) is 118 cm³/mol. The van der Waals surface area contributed by atoms with Crippen molar-refractivity contribution < 1.29 is 4.79 Å². The van der Waals surface area contributed by atoms with Gasteiger partial charge in [0.15, 0.2) is 0 Å². The van der Waals surface area contributed by atoms with Gasteiger partial charge in [-0.25, -0.2) is 4.98 Å². The third-order valence-corrected chi connectivity index (χ3v) is 9.43. The molecule has 6 atom stereocenters. The van der Waals surface area contributed by atoms with E-state index < -0.39 is 0 Å². The molecule has 5 aliphatic rings. The fourth-order valence-electron chi connectivity index (χ4n) is 8.04. The normalized spacial score (nSPS) is 40.0. The standard InChI is InChI=1S/C25H33N5O/c26-18-4-7-29(12-18)13-19-14-30-21(2-1-3-22(30)28-19)23(31)27-6-5-24-9-16-8-20(16)25(15-24)11-17(25)10-24/h1-3,14,16-18,20H,4-13,15,26H2,(H,27,31)/t16?,17?,18-,20?,24?,25?/m1/s1. The molecule has 4 aliphatic carbocycles. The Morgan fingerprint density at radius 2 is 2.23 bits per heavy atom. The summed E-state index contributed by atoms with van der Waals surface area (Å²) in [5.74, 6) is 3.13. The highest BCUT2D eigenvalue weighted by atomic mass is 16.1. The van der Waals surface area contributed by atoms with Crippen LogP contribution < -0.4 is 11.1 Å². The largest absolute Gasteiger partial charge is 0.351 e. The van der Waals surface area contributed by atoms with Gasteiger partial charge < -0.3 is 11.1 Å². The van der Waals surface area contributed by atoms with E-state index in [9.17, 15) is 4.79 Å². The Morgan fingerprint density at radius 3 is 3.10 bits per heavy atom. The summed E-state index contributed by atoms with van der Waals surface area (Å²) >= 11 is 0. The second-order valence-corrected chi connectivity index (χ2v) is 11.5. The number of amides is 1. The molecule has 1 spiro atoms. The van der Waals surface area contributed by atoms with E-state index in [1.807, 2.05) is 28.8 Å². The molecular weight excluding hydrogens is 386 g/mol. The quantitative estimate of drug-likeness (QED) is 0.755. The number of fused-ring (bicyclic) bond motifs is 3. The molecule has 5 unspecified atom stereocenters. The van der Waals surface area contributed by atoms with E-state index in [1.165, 1.54) is 32.1 Å². The number of nitrogens with one attached hydrogen (secondary N) is 1. The summed E-state index contributed by atoms with van der Waals surface area (Å²) in [7, 11) is 0. The van der Waals surface area contributed by atoms with Crippen molar-refractivity contribution in [1.82, 2.24) is 19.6 Å². The van der Waals surface area contributed by atoms with Crippen molar-refractivity contribution in [2.45, 2.75) is 57.5 Å². The highest BCUT2D eigenvalue weighted by molar-refractivity contribution is 5.93. The molecule has 7 rings (SSSR count). The van der Waals surface area contributed by atoms with Crippen LogP contribution in [-0.4, -0.2) is 45.9 Å². The number of nitrogens with zero attached hydrogens (tertiary/aromatic N) is 3. The second kappa shape index (κ2) is 6.32. The van der Waals surface area contributed by atoms with Crippen LogP contribution in [0.3, 0.4) is 0 Å². The molecule has 6 heteroatoms. The molecule has 2 aromatic rings. The molecule has 4 saturated carbocycles. The Balaban J connectivity index is 1.02. The van der Waals surface area contributed by atoms with Gasteiger partial charge in [0.25, 0.3) is 5.91 Å². The van der Waals surface area contributed by atoms with Crippen LogP contribution in [0.5, 0.6) is 0 Å². The average molecular weight is 420 g/mol. The number of rotatable bonds is 6. The molecule has 2 bridgehead atoms. The SMILES string of the molecule is N[C@@H]1CCN(Cc2cn3c(C(=O)NCCC45CC6CC6C6(CC6C4)C5)cccc3n2)C1. The van der Waals surface area contributed by atoms with Gasteiger partial charge in [-0.3, -0.25) is 14.1 Å². The second-order valence-electron chi connectivity index (χ2n) is 11.5. The van der Waals surface area contributed by atoms with Crippen molar-refractivity contribution in [3.8, 4) is 0 Å². The fraction of sp³-hybridized carbons (Fsp3) is 0.680. The van der Waals surface area contributed by atoms with Crippen LogP contribution in [0, 0.1) is 28.6 Å². The van der Waals surface area contributed by atoms with E-state index >= 15 is 0 Å². The van der Waals surface area contributed by atoms with Crippen molar-refractivity contribution in [1.29, 1.82) is 0 Å². The molecule has 3 heterocycles. The topological polar surface area (TPSA) is 75.7 Å². The van der Waals surface area contributed by atoms with E-state index in [0.29, 0.717) is 11.1 Å². The first-order chi connectivity index (χ1) is 15.0. The zero-order chi connectivity index (χ0) is 20.8. The molecule has 3 N–H and O–H groups in total. The Hall–Kier alpha value is -1.92. The third kappa shape index (κ3) is 2.91. The van der Waals surface area contributed by atoms with Crippen molar-refractivity contribution in [2.24, 2.45) is 34.3 Å². The lowest BCUT2D eigenvalue weighted by atomic mass is 9.69. The van der Waals surface area contributed by atoms with Crippen LogP contribution in [0.2, 0.25) is 0 Å². The molecule has 1 amide bonds. The smallest absolute Gasteiger partial charge is 0.268 e. The van der Waals surface area contributed by atoms with Crippen molar-refractivity contribution in [3.63, 3.8) is 0 Å². The molecule has 6 nitrogen and oxygen atoms in total. The van der Waals surface area contributed by atoms with E-state index in [-0.39, 0.29) is 11.9 Å². The summed E-state index contributed by atoms with van der Waals surface area (Å²) in [6.07, 6.45) is 11.5. The Kier molecular flexibility index (Phi) is 3.80. The summed E-state index contributed by atoms with van der Waals surface area (Å²) in [6, 6.07) is 6.10. The number of hydrogen-bond acceptors (Lipinski definition) is 4. The maximum Gasteiger partial charge on any atom is 0.268 e. The Labute approximate surface area is 183 Å². The molecule has 0 aromatic carbocycles. The first kappa shape index (κ1) is 18.6. The van der Waals surface area contributed by atoms with Crippen molar-refractivity contribution in [2.75, 3.05) is 19.6 Å². The van der Waals surface area contributed by atoms with Crippen LogP contribution in [-0.2, 0) is 6.54 Å². The lowest BCUT2D eigenvalue weighted by Crippen LogP contribution is -2.33. The number of carbonyl (C=O) groups excluding carboxylic acids is 1. The molecule has 31 heavy (non-hydrogen) atoms. The lowest BCUT2D eigenvalue weighted by Gasteiger charge is -2.36. The first-order valence-electron chi connectivity index (χ1n) is 12.3. The number of pyridine rings is 1. The van der Waals surface area contributed by atoms with Gasteiger partial charge in [0.1, 0.15) is 11.3 Å². The number of nitrogens with two attached hydrogens (primary N) is 1. The molecule has 1 aliphatic heterocycles. The molecule has 0 radical (unpaired) electrons. The van der Waals surface area contributed by atoms with Gasteiger partial charge in [-0.15, -0.1) is 0 Å². The predicted octanol–water partition coefficient (Wildman–Crippen LogP) is 2.81. The summed E-state index contributed by atoms with van der Waals surface area (Å²) < 4.78 is 1.95. The maximum atomic E-state index is 13.1. The van der Waals surface area contributed by atoms with Crippen molar-refractivity contribution >= 4 is 11.6 Å². The van der Waals surface area contributed by atoms with Gasteiger partial charge in [-0.2, -0.15) is 0 Å². The third-order valence-electron chi connectivity index (χ3n) is 9.43. The summed E-state index contributed by atoms with van der Waals surface area (Å²) in [5, 5.41) is 3.25. The van der Waals surface area contributed by atoms with E-state index in [2.05, 4.69) is 10.2 Å². The first-order valence-corrected chi connectivity index (χ1v) is 12.3. The van der Waals surface area contributed by atoms with E-state index in [4.69, 9.17) is 10.7 Å². The van der Waals surface area contributed by atoms with Gasteiger partial charge in [-0.05, 0) is 85.7 Å². The minimum Gasteiger partial charge on any atom is -0.351 e. The lowest BCUT2D eigenvalue weighted by molar-refractivity contribution is 0.0927. The zero-order valence-electron chi connectivity index (χ0n) is 18.2. The molecule has 164 valence electrons. The maximum absolute atomic E-state index is 13.1. The number of hydrogen-bond donors (Lipinski definition) is 2. The monoisotopic (exact) mass is 419 g/mol. The molecule has 2 aromatic heterocycles. The molecule has 5 fully saturated rings. The highest BCUT2D eigenvalue weighted by Crippen LogP contribution is 2.84. The average Bonchev–Trinajstić information content (AvgIpc) is 3.49. The zero-order valence-corrected chi connectivity index (χ0v) is 18.2. The van der Waals surface area contributed by atoms with Crippen LogP contribution in [0.15, 0.2) is 24.4 Å². The Morgan fingerprint density at radius 1 is 1.29 bits per heavy atom. The van der Waals surface area contributed by atoms with Gasteiger partial charge in [0.2, 0.25) is 0 Å². The molecule has 1 saturated heterocycles. The van der Waals surface area contributed by atoms with Crippen molar-refractivity contribution in [3.05, 3.63) is 35.8 Å². The van der Waals surface area contributed by atoms with Crippen LogP contribution in [0.4, 0.5) is 0 Å². The van der Waals surface area contributed by atoms with Gasteiger partial charge >= 0.3 is 0 Å². The molecular formula is C25H33N5O. The van der Waals surface area contributed by atoms with Gasteiger partial charge in [0, 0.05) is 38.4 Å². The van der Waals surface area contributed by atoms with E-state index in [1.54, 1.807) is 0 Å². The van der Waals surface area contributed by atoms with Crippen LogP contribution >= 0.6 is 0 Å². The minimum absolute atomic E-state index is 0.0205. The number of imidazole rings is 1. The summed E-state index contributed by atoms with van der Waals surface area (Å²) in [4.78, 5) is 20.2. The number of likely N-dealkylation sites (tertiary alicyclic amines) is 1. The van der Waals surface area contributed by atoms with E-state index in [0.717, 1.165) is 73.5 Å². The van der Waals surface area contributed by atoms with Gasteiger partial charge in [0.05, 0.1) is 5.69 Å².